The molecule has 2 rings (SSSR count). The van der Waals surface area contributed by atoms with Crippen molar-refractivity contribution in [3.05, 3.63) is 29.8 Å². The number of carbonyl (C=O) groups excluding carboxylic acids is 1. The molecule has 1 saturated heterocycles. The van der Waals surface area contributed by atoms with Gasteiger partial charge in [0.05, 0.1) is 38.7 Å². The van der Waals surface area contributed by atoms with Crippen LogP contribution in [0.4, 0.5) is 0 Å². The first-order chi connectivity index (χ1) is 12.2. The lowest BCUT2D eigenvalue weighted by atomic mass is 10.1. The summed E-state index contributed by atoms with van der Waals surface area (Å²) >= 11 is 0. The molecule has 1 aliphatic rings. The third-order valence-electron chi connectivity index (χ3n) is 4.23. The number of hydrogen-bond donors (Lipinski definition) is 0. The average molecular weight is 345 g/mol. The molecule has 1 aromatic carbocycles. The highest BCUT2D eigenvalue weighted by Gasteiger charge is 2.17. The molecule has 0 unspecified atom stereocenters. The molecule has 0 bridgehead atoms. The van der Waals surface area contributed by atoms with Crippen LogP contribution in [0.1, 0.15) is 18.9 Å². The van der Waals surface area contributed by atoms with E-state index in [0.29, 0.717) is 32.5 Å². The van der Waals surface area contributed by atoms with Crippen molar-refractivity contribution < 1.29 is 14.3 Å². The first-order valence-corrected chi connectivity index (χ1v) is 8.89. The largest absolute Gasteiger partial charge is 0.494 e. The Kier molecular flexibility index (Phi) is 8.23. The molecule has 1 aromatic rings. The van der Waals surface area contributed by atoms with Gasteiger partial charge in [0.1, 0.15) is 5.75 Å². The van der Waals surface area contributed by atoms with Crippen molar-refractivity contribution in [2.75, 3.05) is 52.5 Å². The fourth-order valence-corrected chi connectivity index (χ4v) is 2.79. The van der Waals surface area contributed by atoms with E-state index in [1.54, 1.807) is 4.90 Å². The van der Waals surface area contributed by atoms with Crippen LogP contribution in [0.2, 0.25) is 0 Å². The molecule has 1 amide bonds. The van der Waals surface area contributed by atoms with Crippen LogP contribution in [-0.4, -0.2) is 68.3 Å². The van der Waals surface area contributed by atoms with Gasteiger partial charge in [-0.25, -0.2) is 0 Å². The third-order valence-corrected chi connectivity index (χ3v) is 4.23. The Morgan fingerprint density at radius 3 is 2.64 bits per heavy atom. The number of benzene rings is 1. The minimum absolute atomic E-state index is 0.0627. The predicted octanol–water partition coefficient (Wildman–Crippen LogP) is 1.70. The smallest absolute Gasteiger partial charge is 0.227 e. The summed E-state index contributed by atoms with van der Waals surface area (Å²) in [6.45, 7) is 7.83. The van der Waals surface area contributed by atoms with Crippen molar-refractivity contribution in [2.45, 2.75) is 19.8 Å². The number of nitriles is 1. The summed E-state index contributed by atoms with van der Waals surface area (Å²) in [6, 6.07) is 9.76. The van der Waals surface area contributed by atoms with E-state index in [0.717, 1.165) is 44.2 Å². The van der Waals surface area contributed by atoms with Gasteiger partial charge in [-0.3, -0.25) is 9.69 Å². The molecular formula is C19H27N3O3. The van der Waals surface area contributed by atoms with Crippen molar-refractivity contribution >= 4 is 5.91 Å². The van der Waals surface area contributed by atoms with Crippen LogP contribution < -0.4 is 4.74 Å². The lowest BCUT2D eigenvalue weighted by Crippen LogP contribution is -2.43. The van der Waals surface area contributed by atoms with Gasteiger partial charge in [0, 0.05) is 32.7 Å². The Balaban J connectivity index is 1.88. The second kappa shape index (κ2) is 10.7. The fraction of sp³-hybridized carbons (Fsp3) is 0.579. The Morgan fingerprint density at radius 2 is 2.00 bits per heavy atom. The number of ether oxygens (including phenoxy) is 2. The number of morpholine rings is 1. The normalized spacial score (nSPS) is 14.7. The van der Waals surface area contributed by atoms with Crippen LogP contribution in [0.3, 0.4) is 0 Å². The summed E-state index contributed by atoms with van der Waals surface area (Å²) in [5, 5.41) is 8.86. The van der Waals surface area contributed by atoms with Gasteiger partial charge in [-0.1, -0.05) is 12.1 Å². The van der Waals surface area contributed by atoms with Crippen molar-refractivity contribution in [3.63, 3.8) is 0 Å². The Labute approximate surface area is 149 Å². The van der Waals surface area contributed by atoms with Gasteiger partial charge in [0.25, 0.3) is 0 Å². The van der Waals surface area contributed by atoms with E-state index < -0.39 is 0 Å². The second-order valence-electron chi connectivity index (χ2n) is 6.00. The topological polar surface area (TPSA) is 65.8 Å². The average Bonchev–Trinajstić information content (AvgIpc) is 2.64. The lowest BCUT2D eigenvalue weighted by Gasteiger charge is -2.30. The number of carbonyl (C=O) groups is 1. The highest BCUT2D eigenvalue weighted by Crippen LogP contribution is 2.13. The molecule has 136 valence electrons. The molecule has 1 heterocycles. The summed E-state index contributed by atoms with van der Waals surface area (Å²) in [4.78, 5) is 16.7. The van der Waals surface area contributed by atoms with Gasteiger partial charge in [-0.2, -0.15) is 5.26 Å². The van der Waals surface area contributed by atoms with E-state index in [1.807, 2.05) is 31.2 Å². The maximum atomic E-state index is 12.6. The molecule has 0 atom stereocenters. The Morgan fingerprint density at radius 1 is 1.28 bits per heavy atom. The van der Waals surface area contributed by atoms with Crippen LogP contribution >= 0.6 is 0 Å². The Bertz CT molecular complexity index is 562. The summed E-state index contributed by atoms with van der Waals surface area (Å²) in [7, 11) is 0. The fourth-order valence-electron chi connectivity index (χ4n) is 2.79. The minimum atomic E-state index is 0.0627. The molecule has 1 aliphatic heterocycles. The molecule has 1 fully saturated rings. The summed E-state index contributed by atoms with van der Waals surface area (Å²) in [6.07, 6.45) is 0.707. The van der Waals surface area contributed by atoms with E-state index in [-0.39, 0.29) is 5.91 Å². The molecule has 0 N–H and O–H groups in total. The number of rotatable bonds is 9. The molecule has 0 spiro atoms. The van der Waals surface area contributed by atoms with E-state index >= 15 is 0 Å². The number of hydrogen-bond acceptors (Lipinski definition) is 5. The number of nitrogens with zero attached hydrogens (tertiary/aromatic N) is 3. The van der Waals surface area contributed by atoms with Crippen LogP contribution in [0.15, 0.2) is 24.3 Å². The highest BCUT2D eigenvalue weighted by atomic mass is 16.5. The van der Waals surface area contributed by atoms with Crippen molar-refractivity contribution in [1.82, 2.24) is 9.80 Å². The zero-order valence-electron chi connectivity index (χ0n) is 14.9. The van der Waals surface area contributed by atoms with Crippen molar-refractivity contribution in [2.24, 2.45) is 0 Å². The summed E-state index contributed by atoms with van der Waals surface area (Å²) in [5.74, 6) is 0.875. The van der Waals surface area contributed by atoms with E-state index in [1.165, 1.54) is 0 Å². The zero-order valence-corrected chi connectivity index (χ0v) is 14.9. The maximum Gasteiger partial charge on any atom is 0.227 e. The number of amides is 1. The van der Waals surface area contributed by atoms with Gasteiger partial charge in [-0.05, 0) is 24.6 Å². The van der Waals surface area contributed by atoms with Crippen LogP contribution in [0.25, 0.3) is 0 Å². The first kappa shape index (κ1) is 19.2. The van der Waals surface area contributed by atoms with Crippen molar-refractivity contribution in [3.8, 4) is 11.8 Å². The standard InChI is InChI=1S/C19H27N3O3/c1-2-25-18-6-4-17(5-7-18)16-19(23)22(9-3-8-20)11-10-21-12-14-24-15-13-21/h4-7H,2-3,9-16H2,1H3. The summed E-state index contributed by atoms with van der Waals surface area (Å²) in [5.41, 5.74) is 0.960. The van der Waals surface area contributed by atoms with E-state index in [9.17, 15) is 4.79 Å². The van der Waals surface area contributed by atoms with Crippen LogP contribution in [0, 0.1) is 11.3 Å². The van der Waals surface area contributed by atoms with Crippen LogP contribution in [0.5, 0.6) is 5.75 Å². The third kappa shape index (κ3) is 6.73. The van der Waals surface area contributed by atoms with E-state index in [2.05, 4.69) is 11.0 Å². The minimum Gasteiger partial charge on any atom is -0.494 e. The second-order valence-corrected chi connectivity index (χ2v) is 6.00. The molecule has 6 nitrogen and oxygen atoms in total. The van der Waals surface area contributed by atoms with Gasteiger partial charge in [0.15, 0.2) is 0 Å². The van der Waals surface area contributed by atoms with Gasteiger partial charge in [-0.15, -0.1) is 0 Å². The molecule has 25 heavy (non-hydrogen) atoms. The first-order valence-electron chi connectivity index (χ1n) is 8.89. The van der Waals surface area contributed by atoms with Gasteiger partial charge < -0.3 is 14.4 Å². The quantitative estimate of drug-likeness (QED) is 0.682. The van der Waals surface area contributed by atoms with Crippen molar-refractivity contribution in [1.29, 1.82) is 5.26 Å². The molecule has 0 saturated carbocycles. The molecular weight excluding hydrogens is 318 g/mol. The lowest BCUT2D eigenvalue weighted by molar-refractivity contribution is -0.130. The van der Waals surface area contributed by atoms with E-state index in [4.69, 9.17) is 14.7 Å². The monoisotopic (exact) mass is 345 g/mol. The Hall–Kier alpha value is -2.10. The molecule has 6 heteroatoms. The molecule has 0 aromatic heterocycles. The van der Waals surface area contributed by atoms with Gasteiger partial charge in [0.2, 0.25) is 5.91 Å². The highest BCUT2D eigenvalue weighted by molar-refractivity contribution is 5.78. The predicted molar refractivity (Wildman–Crippen MR) is 95.4 cm³/mol. The molecule has 0 radical (unpaired) electrons. The van der Waals surface area contributed by atoms with Crippen LogP contribution in [-0.2, 0) is 16.0 Å². The van der Waals surface area contributed by atoms with Gasteiger partial charge >= 0.3 is 0 Å². The SMILES string of the molecule is CCOc1ccc(CC(=O)N(CCC#N)CCN2CCOCC2)cc1. The maximum absolute atomic E-state index is 12.6. The zero-order chi connectivity index (χ0) is 17.9. The molecule has 0 aliphatic carbocycles. The summed E-state index contributed by atoms with van der Waals surface area (Å²) < 4.78 is 10.8.